The van der Waals surface area contributed by atoms with Crippen molar-refractivity contribution in [2.24, 2.45) is 0 Å². The molecule has 0 bridgehead atoms. The lowest BCUT2D eigenvalue weighted by Gasteiger charge is -2.16. The Morgan fingerprint density at radius 1 is 0.969 bits per heavy atom. The van der Waals surface area contributed by atoms with Crippen LogP contribution >= 0.6 is 22.9 Å². The van der Waals surface area contributed by atoms with Gasteiger partial charge in [0.1, 0.15) is 5.01 Å². The Balaban J connectivity index is 1.77. The van der Waals surface area contributed by atoms with Gasteiger partial charge in [-0.1, -0.05) is 41.1 Å². The van der Waals surface area contributed by atoms with Gasteiger partial charge in [-0.25, -0.2) is 0 Å². The maximum absolute atomic E-state index is 12.9. The quantitative estimate of drug-likeness (QED) is 0.400. The van der Waals surface area contributed by atoms with E-state index in [0.717, 1.165) is 5.56 Å². The molecule has 0 aliphatic carbocycles. The minimum atomic E-state index is -0.348. The summed E-state index contributed by atoms with van der Waals surface area (Å²) in [5.74, 6) is 1.04. The van der Waals surface area contributed by atoms with Gasteiger partial charge < -0.3 is 14.2 Å². The largest absolute Gasteiger partial charge is 0.490 e. The summed E-state index contributed by atoms with van der Waals surface area (Å²) >= 11 is 7.17. The third kappa shape index (κ3) is 6.21. The number of carbonyl (C=O) groups is 1. The molecule has 0 atom stereocenters. The van der Waals surface area contributed by atoms with Crippen molar-refractivity contribution in [1.29, 1.82) is 0 Å². The van der Waals surface area contributed by atoms with Crippen LogP contribution in [0.3, 0.4) is 0 Å². The van der Waals surface area contributed by atoms with Gasteiger partial charge in [-0.2, -0.15) is 0 Å². The molecule has 168 valence electrons. The van der Waals surface area contributed by atoms with Crippen LogP contribution < -0.4 is 19.5 Å². The van der Waals surface area contributed by atoms with Gasteiger partial charge in [0, 0.05) is 10.6 Å². The zero-order valence-electron chi connectivity index (χ0n) is 18.1. The molecular weight excluding hydrogens is 450 g/mol. The molecule has 1 aromatic heterocycles. The predicted octanol–water partition coefficient (Wildman–Crippen LogP) is 5.81. The van der Waals surface area contributed by atoms with Crippen molar-refractivity contribution in [3.8, 4) is 17.2 Å². The van der Waals surface area contributed by atoms with Crippen molar-refractivity contribution in [3.05, 3.63) is 57.6 Å². The molecule has 2 aromatic carbocycles. The molecule has 0 aliphatic heterocycles. The van der Waals surface area contributed by atoms with Crippen LogP contribution in [0.4, 0.5) is 5.13 Å². The number of aromatic nitrogens is 2. The first kappa shape index (κ1) is 23.6. The molecule has 0 saturated heterocycles. The zero-order valence-corrected chi connectivity index (χ0v) is 19.6. The minimum absolute atomic E-state index is 0.348. The Morgan fingerprint density at radius 3 is 2.19 bits per heavy atom. The molecule has 1 heterocycles. The van der Waals surface area contributed by atoms with Gasteiger partial charge in [0.05, 0.1) is 19.8 Å². The topological polar surface area (TPSA) is 82.6 Å². The summed E-state index contributed by atoms with van der Waals surface area (Å²) in [5.41, 5.74) is 1.35. The lowest BCUT2D eigenvalue weighted by atomic mass is 10.1. The number of ether oxygens (including phenoxy) is 3. The molecule has 0 radical (unpaired) electrons. The number of rotatable bonds is 10. The highest BCUT2D eigenvalue weighted by molar-refractivity contribution is 7.16. The van der Waals surface area contributed by atoms with Gasteiger partial charge in [0.2, 0.25) is 10.9 Å². The van der Waals surface area contributed by atoms with Crippen LogP contribution in [0.1, 0.15) is 41.7 Å². The number of benzene rings is 2. The SMILES string of the molecule is CCOc1cc(C(=O)Nc2nnc(C=Cc3ccc(Cl)cc3)s2)cc(OCC)c1OCC. The number of halogens is 1. The van der Waals surface area contributed by atoms with Crippen LogP contribution in [0.15, 0.2) is 36.4 Å². The van der Waals surface area contributed by atoms with E-state index >= 15 is 0 Å². The van der Waals surface area contributed by atoms with Gasteiger partial charge in [-0.05, 0) is 56.7 Å². The van der Waals surface area contributed by atoms with E-state index in [0.29, 0.717) is 57.8 Å². The second-order valence-corrected chi connectivity index (χ2v) is 7.83. The van der Waals surface area contributed by atoms with Crippen molar-refractivity contribution >= 4 is 46.1 Å². The monoisotopic (exact) mass is 473 g/mol. The van der Waals surface area contributed by atoms with Gasteiger partial charge >= 0.3 is 0 Å². The molecule has 1 amide bonds. The van der Waals surface area contributed by atoms with Gasteiger partial charge in [0.15, 0.2) is 11.5 Å². The van der Waals surface area contributed by atoms with Crippen LogP contribution in [0, 0.1) is 0 Å². The highest BCUT2D eigenvalue weighted by atomic mass is 35.5. The number of hydrogen-bond donors (Lipinski definition) is 1. The third-order valence-corrected chi connectivity index (χ3v) is 5.18. The molecule has 3 aromatic rings. The first-order valence-corrected chi connectivity index (χ1v) is 11.4. The number of hydrogen-bond acceptors (Lipinski definition) is 7. The van der Waals surface area contributed by atoms with Crippen LogP contribution in [0.25, 0.3) is 12.2 Å². The Kier molecular flexibility index (Phi) is 8.47. The van der Waals surface area contributed by atoms with E-state index in [4.69, 9.17) is 25.8 Å². The van der Waals surface area contributed by atoms with Crippen molar-refractivity contribution in [2.45, 2.75) is 20.8 Å². The van der Waals surface area contributed by atoms with E-state index in [1.807, 2.05) is 57.2 Å². The normalized spacial score (nSPS) is 10.9. The Hall–Kier alpha value is -3.10. The molecule has 9 heteroatoms. The summed E-state index contributed by atoms with van der Waals surface area (Å²) in [7, 11) is 0. The van der Waals surface area contributed by atoms with Crippen molar-refractivity contribution < 1.29 is 19.0 Å². The summed E-state index contributed by atoms with van der Waals surface area (Å²) in [4.78, 5) is 12.9. The second kappa shape index (κ2) is 11.5. The first-order chi connectivity index (χ1) is 15.5. The van der Waals surface area contributed by atoms with E-state index in [-0.39, 0.29) is 5.91 Å². The molecule has 0 saturated carbocycles. The fourth-order valence-corrected chi connectivity index (χ4v) is 3.55. The highest BCUT2D eigenvalue weighted by Gasteiger charge is 2.19. The van der Waals surface area contributed by atoms with Gasteiger partial charge in [0.25, 0.3) is 5.91 Å². The number of amides is 1. The molecule has 3 rings (SSSR count). The van der Waals surface area contributed by atoms with Crippen LogP contribution in [0.2, 0.25) is 5.02 Å². The van der Waals surface area contributed by atoms with E-state index in [1.165, 1.54) is 11.3 Å². The van der Waals surface area contributed by atoms with Crippen molar-refractivity contribution in [3.63, 3.8) is 0 Å². The van der Waals surface area contributed by atoms with Crippen LogP contribution in [-0.4, -0.2) is 35.9 Å². The summed E-state index contributed by atoms with van der Waals surface area (Å²) in [6, 6.07) is 10.7. The van der Waals surface area contributed by atoms with Gasteiger partial charge in [-0.15, -0.1) is 10.2 Å². The number of nitrogens with zero attached hydrogens (tertiary/aromatic N) is 2. The Bertz CT molecular complexity index is 1060. The van der Waals surface area contributed by atoms with E-state index < -0.39 is 0 Å². The lowest BCUT2D eigenvalue weighted by Crippen LogP contribution is -2.13. The van der Waals surface area contributed by atoms with Crippen molar-refractivity contribution in [1.82, 2.24) is 10.2 Å². The number of carbonyl (C=O) groups excluding carboxylic acids is 1. The van der Waals surface area contributed by atoms with Crippen LogP contribution in [-0.2, 0) is 0 Å². The highest BCUT2D eigenvalue weighted by Crippen LogP contribution is 2.39. The maximum atomic E-state index is 12.9. The third-order valence-electron chi connectivity index (χ3n) is 4.12. The average molecular weight is 474 g/mol. The first-order valence-electron chi connectivity index (χ1n) is 10.2. The molecule has 0 fully saturated rings. The summed E-state index contributed by atoms with van der Waals surface area (Å²) in [6.45, 7) is 6.91. The van der Waals surface area contributed by atoms with Crippen LogP contribution in [0.5, 0.6) is 17.2 Å². The molecule has 1 N–H and O–H groups in total. The standard InChI is InChI=1S/C23H24ClN3O4S/c1-4-29-18-13-16(14-19(30-5-2)21(18)31-6-3)22(28)25-23-27-26-20(32-23)12-9-15-7-10-17(24)11-8-15/h7-14H,4-6H2,1-3H3,(H,25,27,28). The number of nitrogens with one attached hydrogen (secondary N) is 1. The average Bonchev–Trinajstić information content (AvgIpc) is 3.23. The fourth-order valence-electron chi connectivity index (χ4n) is 2.78. The smallest absolute Gasteiger partial charge is 0.257 e. The molecule has 7 nitrogen and oxygen atoms in total. The van der Waals surface area contributed by atoms with Gasteiger partial charge in [-0.3, -0.25) is 10.1 Å². The lowest BCUT2D eigenvalue weighted by molar-refractivity contribution is 0.102. The molecular formula is C23H24ClN3O4S. The molecule has 0 spiro atoms. The van der Waals surface area contributed by atoms with E-state index in [1.54, 1.807) is 12.1 Å². The molecule has 0 aliphatic rings. The predicted molar refractivity (Wildman–Crippen MR) is 128 cm³/mol. The second-order valence-electron chi connectivity index (χ2n) is 6.39. The summed E-state index contributed by atoms with van der Waals surface area (Å²) in [6.07, 6.45) is 3.73. The zero-order chi connectivity index (χ0) is 22.9. The molecule has 32 heavy (non-hydrogen) atoms. The Morgan fingerprint density at radius 2 is 1.59 bits per heavy atom. The summed E-state index contributed by atoms with van der Waals surface area (Å²) in [5, 5.41) is 12.6. The Labute approximate surface area is 196 Å². The minimum Gasteiger partial charge on any atom is -0.490 e. The fraction of sp³-hybridized carbons (Fsp3) is 0.261. The van der Waals surface area contributed by atoms with Crippen molar-refractivity contribution in [2.75, 3.05) is 25.1 Å². The summed E-state index contributed by atoms with van der Waals surface area (Å²) < 4.78 is 17.0. The van der Waals surface area contributed by atoms with E-state index in [2.05, 4.69) is 15.5 Å². The molecule has 0 unspecified atom stereocenters. The number of anilines is 1. The van der Waals surface area contributed by atoms with E-state index in [9.17, 15) is 4.79 Å². The maximum Gasteiger partial charge on any atom is 0.257 e.